The molecule has 2 heterocycles. The first-order valence-electron chi connectivity index (χ1n) is 6.25. The molecular formula is C14H14IN3O. The molecule has 4 nitrogen and oxygen atoms in total. The van der Waals surface area contributed by atoms with E-state index in [2.05, 4.69) is 32.6 Å². The standard InChI is InChI=1S/C14H14IN3O/c15-11-12(9-5-2-1-3-6-9)17-14(18-13(11)16)10-7-4-8-19-10/h1-3,5-6,10H,4,7-8H2,(H2,16,17,18). The fourth-order valence-electron chi connectivity index (χ4n) is 2.20. The highest BCUT2D eigenvalue weighted by Crippen LogP contribution is 2.31. The summed E-state index contributed by atoms with van der Waals surface area (Å²) in [5.41, 5.74) is 7.96. The van der Waals surface area contributed by atoms with Gasteiger partial charge in [-0.25, -0.2) is 9.97 Å². The van der Waals surface area contributed by atoms with Crippen LogP contribution in [0.1, 0.15) is 24.8 Å². The lowest BCUT2D eigenvalue weighted by atomic mass is 10.1. The lowest BCUT2D eigenvalue weighted by Crippen LogP contribution is -2.09. The van der Waals surface area contributed by atoms with Crippen LogP contribution in [0.4, 0.5) is 5.82 Å². The van der Waals surface area contributed by atoms with Gasteiger partial charge in [0.15, 0.2) is 5.82 Å². The lowest BCUT2D eigenvalue weighted by Gasteiger charge is -2.12. The maximum Gasteiger partial charge on any atom is 0.160 e. The molecule has 2 N–H and O–H groups in total. The van der Waals surface area contributed by atoms with Gasteiger partial charge in [0, 0.05) is 12.2 Å². The van der Waals surface area contributed by atoms with Gasteiger partial charge in [0.1, 0.15) is 11.9 Å². The van der Waals surface area contributed by atoms with Gasteiger partial charge in [0.25, 0.3) is 0 Å². The Morgan fingerprint density at radius 3 is 2.68 bits per heavy atom. The molecule has 1 fully saturated rings. The highest BCUT2D eigenvalue weighted by molar-refractivity contribution is 14.1. The van der Waals surface area contributed by atoms with Crippen LogP contribution in [0.15, 0.2) is 30.3 Å². The van der Waals surface area contributed by atoms with E-state index in [1.165, 1.54) is 0 Å². The topological polar surface area (TPSA) is 61.0 Å². The largest absolute Gasteiger partial charge is 0.383 e. The second-order valence-corrected chi connectivity index (χ2v) is 5.58. The zero-order valence-electron chi connectivity index (χ0n) is 10.3. The Morgan fingerprint density at radius 1 is 1.21 bits per heavy atom. The first kappa shape index (κ1) is 12.8. The molecule has 19 heavy (non-hydrogen) atoms. The van der Waals surface area contributed by atoms with Crippen molar-refractivity contribution >= 4 is 28.4 Å². The average molecular weight is 367 g/mol. The summed E-state index contributed by atoms with van der Waals surface area (Å²) in [6.07, 6.45) is 2.01. The van der Waals surface area contributed by atoms with Crippen LogP contribution < -0.4 is 5.73 Å². The van der Waals surface area contributed by atoms with Gasteiger partial charge in [0.2, 0.25) is 0 Å². The third-order valence-corrected chi connectivity index (χ3v) is 4.22. The van der Waals surface area contributed by atoms with Gasteiger partial charge in [-0.1, -0.05) is 30.3 Å². The minimum absolute atomic E-state index is 0.0123. The number of benzene rings is 1. The normalized spacial score (nSPS) is 18.7. The predicted octanol–water partition coefficient (Wildman–Crippen LogP) is 3.18. The smallest absolute Gasteiger partial charge is 0.160 e. The monoisotopic (exact) mass is 367 g/mol. The van der Waals surface area contributed by atoms with Crippen molar-refractivity contribution in [3.05, 3.63) is 39.7 Å². The Morgan fingerprint density at radius 2 is 2.00 bits per heavy atom. The number of halogens is 1. The van der Waals surface area contributed by atoms with Crippen molar-refractivity contribution in [3.8, 4) is 11.3 Å². The lowest BCUT2D eigenvalue weighted by molar-refractivity contribution is 0.105. The molecule has 0 spiro atoms. The number of hydrogen-bond donors (Lipinski definition) is 1. The number of rotatable bonds is 2. The van der Waals surface area contributed by atoms with Gasteiger partial charge < -0.3 is 10.5 Å². The molecular weight excluding hydrogens is 353 g/mol. The van der Waals surface area contributed by atoms with Crippen LogP contribution >= 0.6 is 22.6 Å². The van der Waals surface area contributed by atoms with Crippen molar-refractivity contribution in [2.75, 3.05) is 12.3 Å². The molecule has 98 valence electrons. The maximum atomic E-state index is 6.01. The zero-order chi connectivity index (χ0) is 13.2. The number of aromatic nitrogens is 2. The number of hydrogen-bond acceptors (Lipinski definition) is 4. The predicted molar refractivity (Wildman–Crippen MR) is 82.5 cm³/mol. The van der Waals surface area contributed by atoms with E-state index in [4.69, 9.17) is 10.5 Å². The Hall–Kier alpha value is -1.21. The van der Waals surface area contributed by atoms with Crippen molar-refractivity contribution in [3.63, 3.8) is 0 Å². The second-order valence-electron chi connectivity index (χ2n) is 4.50. The minimum atomic E-state index is -0.0123. The minimum Gasteiger partial charge on any atom is -0.383 e. The molecule has 1 aliphatic rings. The Balaban J connectivity index is 2.08. The Kier molecular flexibility index (Phi) is 3.65. The van der Waals surface area contributed by atoms with Crippen LogP contribution in [0.3, 0.4) is 0 Å². The number of nitrogen functional groups attached to an aromatic ring is 1. The van der Waals surface area contributed by atoms with E-state index in [9.17, 15) is 0 Å². The molecule has 1 aromatic heterocycles. The summed E-state index contributed by atoms with van der Waals surface area (Å²) >= 11 is 2.20. The van der Waals surface area contributed by atoms with Crippen molar-refractivity contribution < 1.29 is 4.74 Å². The van der Waals surface area contributed by atoms with Crippen LogP contribution in [-0.2, 0) is 4.74 Å². The van der Waals surface area contributed by atoms with Gasteiger partial charge in [-0.15, -0.1) is 0 Å². The quantitative estimate of drug-likeness (QED) is 0.829. The molecule has 2 aromatic rings. The number of nitrogens with two attached hydrogens (primary N) is 1. The van der Waals surface area contributed by atoms with Crippen molar-refractivity contribution in [1.29, 1.82) is 0 Å². The highest BCUT2D eigenvalue weighted by atomic mass is 127. The summed E-state index contributed by atoms with van der Waals surface area (Å²) in [5, 5.41) is 0. The van der Waals surface area contributed by atoms with Gasteiger partial charge in [0.05, 0.1) is 9.26 Å². The van der Waals surface area contributed by atoms with Crippen LogP contribution in [-0.4, -0.2) is 16.6 Å². The van der Waals surface area contributed by atoms with Crippen molar-refractivity contribution in [1.82, 2.24) is 9.97 Å². The second kappa shape index (κ2) is 5.42. The molecule has 1 unspecified atom stereocenters. The Labute approximate surface area is 125 Å². The van der Waals surface area contributed by atoms with Crippen molar-refractivity contribution in [2.45, 2.75) is 18.9 Å². The zero-order valence-corrected chi connectivity index (χ0v) is 12.5. The molecule has 1 aromatic carbocycles. The number of ether oxygens (including phenoxy) is 1. The maximum absolute atomic E-state index is 6.01. The van der Waals surface area contributed by atoms with E-state index < -0.39 is 0 Å². The average Bonchev–Trinajstić information content (AvgIpc) is 2.97. The van der Waals surface area contributed by atoms with E-state index >= 15 is 0 Å². The molecule has 0 radical (unpaired) electrons. The van der Waals surface area contributed by atoms with Gasteiger partial charge in [-0.3, -0.25) is 0 Å². The van der Waals surface area contributed by atoms with Crippen LogP contribution in [0.2, 0.25) is 0 Å². The molecule has 0 aliphatic carbocycles. The number of anilines is 1. The van der Waals surface area contributed by atoms with Gasteiger partial charge >= 0.3 is 0 Å². The highest BCUT2D eigenvalue weighted by Gasteiger charge is 2.23. The van der Waals surface area contributed by atoms with E-state index in [1.54, 1.807) is 0 Å². The van der Waals surface area contributed by atoms with Crippen LogP contribution in [0.25, 0.3) is 11.3 Å². The van der Waals surface area contributed by atoms with E-state index in [0.717, 1.165) is 34.3 Å². The molecule has 3 rings (SSSR count). The Bertz CT molecular complexity index is 583. The summed E-state index contributed by atoms with van der Waals surface area (Å²) in [6.45, 7) is 0.778. The molecule has 0 saturated carbocycles. The fourth-order valence-corrected chi connectivity index (χ4v) is 2.75. The third kappa shape index (κ3) is 2.57. The van der Waals surface area contributed by atoms with E-state index in [1.807, 2.05) is 30.3 Å². The molecule has 0 amide bonds. The SMILES string of the molecule is Nc1nc(C2CCCO2)nc(-c2ccccc2)c1I. The molecule has 1 saturated heterocycles. The molecule has 1 aliphatic heterocycles. The summed E-state index contributed by atoms with van der Waals surface area (Å²) in [5.74, 6) is 1.23. The van der Waals surface area contributed by atoms with E-state index in [-0.39, 0.29) is 6.10 Å². The summed E-state index contributed by atoms with van der Waals surface area (Å²) < 4.78 is 6.54. The first-order valence-corrected chi connectivity index (χ1v) is 7.33. The van der Waals surface area contributed by atoms with Crippen molar-refractivity contribution in [2.24, 2.45) is 0 Å². The van der Waals surface area contributed by atoms with Gasteiger partial charge in [-0.2, -0.15) is 0 Å². The molecule has 5 heteroatoms. The number of nitrogens with zero attached hydrogens (tertiary/aromatic N) is 2. The molecule has 0 bridgehead atoms. The first-order chi connectivity index (χ1) is 9.25. The third-order valence-electron chi connectivity index (χ3n) is 3.16. The summed E-state index contributed by atoms with van der Waals surface area (Å²) in [7, 11) is 0. The van der Waals surface area contributed by atoms with E-state index in [0.29, 0.717) is 11.6 Å². The van der Waals surface area contributed by atoms with Gasteiger partial charge in [-0.05, 0) is 35.4 Å². The molecule has 1 atom stereocenters. The summed E-state index contributed by atoms with van der Waals surface area (Å²) in [6, 6.07) is 10.0. The van der Waals surface area contributed by atoms with Crippen LogP contribution in [0, 0.1) is 3.57 Å². The fraction of sp³-hybridized carbons (Fsp3) is 0.286. The summed E-state index contributed by atoms with van der Waals surface area (Å²) in [4.78, 5) is 9.04. The van der Waals surface area contributed by atoms with Crippen LogP contribution in [0.5, 0.6) is 0 Å².